The third-order valence-electron chi connectivity index (χ3n) is 2.78. The second-order valence-electron chi connectivity index (χ2n) is 4.25. The monoisotopic (exact) mass is 248 g/mol. The minimum absolute atomic E-state index is 0.0880. The Balaban J connectivity index is 2.26. The molecule has 1 aromatic carbocycles. The van der Waals surface area contributed by atoms with Crippen molar-refractivity contribution in [2.24, 2.45) is 5.84 Å². The third kappa shape index (κ3) is 2.69. The number of benzene rings is 1. The summed E-state index contributed by atoms with van der Waals surface area (Å²) in [7, 11) is 0. The van der Waals surface area contributed by atoms with Crippen molar-refractivity contribution in [2.75, 3.05) is 0 Å². The Hall–Kier alpha value is -1.30. The maximum absolute atomic E-state index is 5.58. The van der Waals surface area contributed by atoms with Crippen LogP contribution in [-0.4, -0.2) is 9.59 Å². The van der Waals surface area contributed by atoms with E-state index in [4.69, 9.17) is 5.84 Å². The van der Waals surface area contributed by atoms with Gasteiger partial charge in [-0.25, -0.2) is 5.43 Å². The maximum Gasteiger partial charge on any atom is 0.0983 e. The zero-order valence-corrected chi connectivity index (χ0v) is 10.7. The van der Waals surface area contributed by atoms with Crippen molar-refractivity contribution < 1.29 is 0 Å². The Morgan fingerprint density at radius 3 is 2.29 bits per heavy atom. The van der Waals surface area contributed by atoms with Crippen LogP contribution >= 0.6 is 11.5 Å². The van der Waals surface area contributed by atoms with Gasteiger partial charge in [0, 0.05) is 5.38 Å². The lowest BCUT2D eigenvalue weighted by molar-refractivity contribution is 0.618. The molecule has 2 rings (SSSR count). The predicted octanol–water partition coefficient (Wildman–Crippen LogP) is 2.21. The van der Waals surface area contributed by atoms with E-state index in [9.17, 15) is 0 Å². The van der Waals surface area contributed by atoms with Gasteiger partial charge in [0.05, 0.1) is 11.7 Å². The molecule has 1 heterocycles. The zero-order chi connectivity index (χ0) is 12.3. The molecule has 0 bridgehead atoms. The highest BCUT2D eigenvalue weighted by Gasteiger charge is 2.15. The molecule has 1 atom stereocenters. The quantitative estimate of drug-likeness (QED) is 0.643. The van der Waals surface area contributed by atoms with Crippen LogP contribution in [0.15, 0.2) is 29.6 Å². The number of hydrazine groups is 1. The number of nitrogens with one attached hydrogen (secondary N) is 1. The van der Waals surface area contributed by atoms with E-state index in [1.54, 1.807) is 0 Å². The molecule has 2 aromatic rings. The molecule has 0 aliphatic rings. The summed E-state index contributed by atoms with van der Waals surface area (Å²) in [6.07, 6.45) is 0. The lowest BCUT2D eigenvalue weighted by Gasteiger charge is -2.14. The molecule has 4 nitrogen and oxygen atoms in total. The summed E-state index contributed by atoms with van der Waals surface area (Å²) in [6, 6.07) is 8.34. The Bertz CT molecular complexity index is 450. The van der Waals surface area contributed by atoms with E-state index >= 15 is 0 Å². The van der Waals surface area contributed by atoms with E-state index in [0.29, 0.717) is 5.92 Å². The fraction of sp³-hybridized carbons (Fsp3) is 0.333. The molecule has 17 heavy (non-hydrogen) atoms. The van der Waals surface area contributed by atoms with Crippen LogP contribution in [0, 0.1) is 0 Å². The number of aromatic nitrogens is 2. The second kappa shape index (κ2) is 5.35. The summed E-state index contributed by atoms with van der Waals surface area (Å²) in [6.45, 7) is 4.36. The molecular formula is C12H16N4S. The number of rotatable bonds is 4. The molecular weight excluding hydrogens is 232 g/mol. The van der Waals surface area contributed by atoms with Crippen molar-refractivity contribution in [3.8, 4) is 0 Å². The standard InChI is InChI=1S/C12H16N4S/c1-8(2)9-3-5-10(6-4-9)12(14-13)11-7-17-16-15-11/h3-8,12,14H,13H2,1-2H3. The first-order valence-corrected chi connectivity index (χ1v) is 6.39. The molecule has 1 unspecified atom stereocenters. The van der Waals surface area contributed by atoms with Gasteiger partial charge in [0.2, 0.25) is 0 Å². The van der Waals surface area contributed by atoms with Crippen molar-refractivity contribution in [3.05, 3.63) is 46.5 Å². The van der Waals surface area contributed by atoms with Gasteiger partial charge in [-0.15, -0.1) is 5.10 Å². The Kier molecular flexibility index (Phi) is 3.83. The molecule has 3 N–H and O–H groups in total. The molecule has 1 aromatic heterocycles. The average molecular weight is 248 g/mol. The Morgan fingerprint density at radius 1 is 1.18 bits per heavy atom. The molecule has 0 saturated carbocycles. The number of nitrogens with two attached hydrogens (primary N) is 1. The lowest BCUT2D eigenvalue weighted by Crippen LogP contribution is -2.29. The van der Waals surface area contributed by atoms with Crippen LogP contribution in [0.5, 0.6) is 0 Å². The minimum atomic E-state index is -0.0880. The highest BCUT2D eigenvalue weighted by Crippen LogP contribution is 2.22. The van der Waals surface area contributed by atoms with E-state index in [0.717, 1.165) is 11.3 Å². The van der Waals surface area contributed by atoms with E-state index in [1.807, 2.05) is 5.38 Å². The molecule has 5 heteroatoms. The summed E-state index contributed by atoms with van der Waals surface area (Å²) in [5.74, 6) is 6.12. The summed E-state index contributed by atoms with van der Waals surface area (Å²) in [4.78, 5) is 0. The van der Waals surface area contributed by atoms with Crippen molar-refractivity contribution in [2.45, 2.75) is 25.8 Å². The largest absolute Gasteiger partial charge is 0.271 e. The van der Waals surface area contributed by atoms with Crippen LogP contribution in [0.1, 0.15) is 42.6 Å². The first-order valence-electron chi connectivity index (χ1n) is 5.55. The van der Waals surface area contributed by atoms with E-state index in [2.05, 4.69) is 53.1 Å². The summed E-state index contributed by atoms with van der Waals surface area (Å²) >= 11 is 1.33. The lowest BCUT2D eigenvalue weighted by atomic mass is 9.98. The van der Waals surface area contributed by atoms with Gasteiger partial charge in [0.25, 0.3) is 0 Å². The van der Waals surface area contributed by atoms with Gasteiger partial charge < -0.3 is 0 Å². The molecule has 0 spiro atoms. The third-order valence-corrected chi connectivity index (χ3v) is 3.30. The van der Waals surface area contributed by atoms with Gasteiger partial charge in [0.1, 0.15) is 0 Å². The van der Waals surface area contributed by atoms with Crippen molar-refractivity contribution in [1.82, 2.24) is 15.0 Å². The average Bonchev–Trinajstić information content (AvgIpc) is 2.84. The van der Waals surface area contributed by atoms with Gasteiger partial charge in [-0.2, -0.15) is 0 Å². The van der Waals surface area contributed by atoms with Crippen molar-refractivity contribution in [3.63, 3.8) is 0 Å². The zero-order valence-electron chi connectivity index (χ0n) is 9.92. The van der Waals surface area contributed by atoms with Crippen LogP contribution in [0.2, 0.25) is 0 Å². The molecule has 0 amide bonds. The normalized spacial score (nSPS) is 12.9. The number of hydrogen-bond donors (Lipinski definition) is 2. The predicted molar refractivity (Wildman–Crippen MR) is 69.6 cm³/mol. The van der Waals surface area contributed by atoms with Gasteiger partial charge in [-0.1, -0.05) is 42.6 Å². The summed E-state index contributed by atoms with van der Waals surface area (Å²) < 4.78 is 3.86. The highest BCUT2D eigenvalue weighted by molar-refractivity contribution is 7.03. The van der Waals surface area contributed by atoms with Crippen LogP contribution in [0.3, 0.4) is 0 Å². The highest BCUT2D eigenvalue weighted by atomic mass is 32.1. The Morgan fingerprint density at radius 2 is 1.82 bits per heavy atom. The molecule has 0 saturated heterocycles. The smallest absolute Gasteiger partial charge is 0.0983 e. The molecule has 90 valence electrons. The first-order chi connectivity index (χ1) is 8.22. The van der Waals surface area contributed by atoms with Crippen molar-refractivity contribution in [1.29, 1.82) is 0 Å². The second-order valence-corrected chi connectivity index (χ2v) is 4.86. The van der Waals surface area contributed by atoms with E-state index in [-0.39, 0.29) is 6.04 Å². The molecule has 0 fully saturated rings. The molecule has 0 radical (unpaired) electrons. The van der Waals surface area contributed by atoms with Gasteiger partial charge in [-0.3, -0.25) is 5.84 Å². The number of hydrogen-bond acceptors (Lipinski definition) is 5. The summed E-state index contributed by atoms with van der Waals surface area (Å²) in [5.41, 5.74) is 6.05. The first kappa shape index (κ1) is 12.2. The van der Waals surface area contributed by atoms with Crippen molar-refractivity contribution >= 4 is 11.5 Å². The fourth-order valence-corrected chi connectivity index (χ4v) is 2.20. The minimum Gasteiger partial charge on any atom is -0.271 e. The molecule has 0 aliphatic carbocycles. The van der Waals surface area contributed by atoms with E-state index in [1.165, 1.54) is 17.1 Å². The topological polar surface area (TPSA) is 63.8 Å². The Labute approximate surface area is 105 Å². The van der Waals surface area contributed by atoms with Gasteiger partial charge in [0.15, 0.2) is 0 Å². The molecule has 0 aliphatic heterocycles. The number of nitrogens with zero attached hydrogens (tertiary/aromatic N) is 2. The maximum atomic E-state index is 5.58. The fourth-order valence-electron chi connectivity index (χ4n) is 1.72. The van der Waals surface area contributed by atoms with Gasteiger partial charge in [-0.05, 0) is 28.6 Å². The SMILES string of the molecule is CC(C)c1ccc(C(NN)c2csnn2)cc1. The van der Waals surface area contributed by atoms with Crippen LogP contribution in [0.4, 0.5) is 0 Å². The van der Waals surface area contributed by atoms with Crippen LogP contribution in [-0.2, 0) is 0 Å². The summed E-state index contributed by atoms with van der Waals surface area (Å²) in [5, 5.41) is 5.95. The van der Waals surface area contributed by atoms with Gasteiger partial charge >= 0.3 is 0 Å². The van der Waals surface area contributed by atoms with Crippen LogP contribution < -0.4 is 11.3 Å². The van der Waals surface area contributed by atoms with E-state index < -0.39 is 0 Å². The van der Waals surface area contributed by atoms with Crippen LogP contribution in [0.25, 0.3) is 0 Å².